The third-order valence-electron chi connectivity index (χ3n) is 11.4. The number of carbonyl (C=O) groups is 4. The molecule has 0 bridgehead atoms. The Morgan fingerprint density at radius 2 is 0.812 bits per heavy atom. The van der Waals surface area contributed by atoms with Crippen LogP contribution in [0.1, 0.15) is 97.1 Å². The van der Waals surface area contributed by atoms with Crippen molar-refractivity contribution in [2.75, 3.05) is 0 Å². The molecule has 0 amide bonds. The van der Waals surface area contributed by atoms with E-state index in [1.165, 1.54) is 38.1 Å². The molecule has 0 spiro atoms. The minimum Gasteiger partial charge on any atom is -0.441 e. The lowest BCUT2D eigenvalue weighted by molar-refractivity contribution is -0.248. The fraction of sp³-hybridized carbons (Fsp3) is 0.391. The Morgan fingerprint density at radius 3 is 1.11 bits per heavy atom. The lowest BCUT2D eigenvalue weighted by Crippen LogP contribution is -2.52. The quantitative estimate of drug-likeness (QED) is 0.0246. The minimum atomic E-state index is -6.69. The molecule has 4 N–H and O–H groups in total. The van der Waals surface area contributed by atoms with Crippen LogP contribution >= 0.6 is 0 Å². The third kappa shape index (κ3) is 18.4. The lowest BCUT2D eigenvalue weighted by atomic mass is 9.85. The molecule has 6 atom stereocenters. The molecular formula is C46H46F10O20S4. The SMILES string of the molecule is CCC(CC(C)C(=O)Oc1ccc(C(=O)OC(C(F)(F)F)C(F)(F)S(=O)(=O)O)cc1)C(=O)Oc1ccc(C(=O)OC(C(F)(F)F)C(F)(F)S(=O)(=O)O)cc1.CCC(CC(C)c1ccc(S(=O)(=O)O)cc1)c1ccc(S(=O)(=O)O)cc1. The second kappa shape index (κ2) is 26.1. The normalized spacial score (nSPS) is 15.1. The zero-order valence-corrected chi connectivity index (χ0v) is 44.5. The maximum atomic E-state index is 13.7. The van der Waals surface area contributed by atoms with Gasteiger partial charge >= 0.3 is 67.0 Å². The highest BCUT2D eigenvalue weighted by Gasteiger charge is 2.67. The summed E-state index contributed by atoms with van der Waals surface area (Å²) in [6.07, 6.45) is -20.1. The molecule has 0 aliphatic rings. The topological polar surface area (TPSA) is 323 Å². The summed E-state index contributed by atoms with van der Waals surface area (Å²) >= 11 is 0. The summed E-state index contributed by atoms with van der Waals surface area (Å²) in [6, 6.07) is 18.1. The number of hydrogen-bond acceptors (Lipinski definition) is 16. The molecule has 80 heavy (non-hydrogen) atoms. The van der Waals surface area contributed by atoms with Crippen LogP contribution in [0.25, 0.3) is 0 Å². The molecule has 20 nitrogen and oxygen atoms in total. The van der Waals surface area contributed by atoms with E-state index >= 15 is 0 Å². The van der Waals surface area contributed by atoms with Crippen molar-refractivity contribution >= 4 is 64.3 Å². The summed E-state index contributed by atoms with van der Waals surface area (Å²) in [5, 5.41) is -12.0. The Labute approximate surface area is 449 Å². The van der Waals surface area contributed by atoms with Gasteiger partial charge in [0.25, 0.3) is 32.4 Å². The summed E-state index contributed by atoms with van der Waals surface area (Å²) in [5.41, 5.74) is 0.214. The first-order valence-corrected chi connectivity index (χ1v) is 28.2. The standard InChI is InChI=1S/C28H24F10O14S2.C18H22O6S2/c1-3-14(20(40)50-18-10-6-16(7-11-18)22(42)52-24(26(32,33)34)28(37,38)54(46,47)48)12-13(2)19(39)49-17-8-4-15(5-9-17)21(41)51-23(25(29,30)31)27(35,36)53(43,44)45;1-3-14(16-6-10-18(11-7-16)26(22,23)24)12-13(2)15-4-8-17(9-5-15)25(19,20)21/h4-11,13-14,23-24H,3,12H2,1-2H3,(H,43,44,45)(H,46,47,48);4-11,13-14H,3,12H2,1-2H3,(H,19,20,21)(H,22,23,24). The van der Waals surface area contributed by atoms with Gasteiger partial charge in [-0.15, -0.1) is 0 Å². The molecule has 4 rings (SSSR count). The summed E-state index contributed by atoms with van der Waals surface area (Å²) in [7, 11) is -21.8. The van der Waals surface area contributed by atoms with Crippen LogP contribution in [0, 0.1) is 11.8 Å². The number of carbonyl (C=O) groups excluding carboxylic acids is 4. The summed E-state index contributed by atoms with van der Waals surface area (Å²) in [5.74, 6) is -8.83. The number of esters is 4. The second-order valence-electron chi connectivity index (χ2n) is 17.2. The van der Waals surface area contributed by atoms with Crippen molar-refractivity contribution in [1.82, 2.24) is 0 Å². The maximum absolute atomic E-state index is 13.7. The average Bonchev–Trinajstić information content (AvgIpc) is 3.34. The van der Waals surface area contributed by atoms with Crippen LogP contribution in [0.5, 0.6) is 11.5 Å². The van der Waals surface area contributed by atoms with Gasteiger partial charge in [0.05, 0.1) is 32.8 Å². The van der Waals surface area contributed by atoms with Crippen molar-refractivity contribution in [2.24, 2.45) is 11.8 Å². The van der Waals surface area contributed by atoms with Crippen LogP contribution in [0.3, 0.4) is 0 Å². The smallest absolute Gasteiger partial charge is 0.432 e. The van der Waals surface area contributed by atoms with E-state index in [0.29, 0.717) is 24.3 Å². The van der Waals surface area contributed by atoms with Crippen LogP contribution in [-0.2, 0) is 59.5 Å². The number of benzene rings is 4. The van der Waals surface area contributed by atoms with Crippen LogP contribution in [0.15, 0.2) is 107 Å². The van der Waals surface area contributed by atoms with Crippen molar-refractivity contribution in [3.05, 3.63) is 119 Å². The fourth-order valence-electron chi connectivity index (χ4n) is 6.94. The number of halogens is 10. The summed E-state index contributed by atoms with van der Waals surface area (Å²) in [4.78, 5) is 49.2. The minimum absolute atomic E-state index is 0.0219. The zero-order chi connectivity index (χ0) is 61.4. The molecule has 0 aromatic heterocycles. The van der Waals surface area contributed by atoms with Gasteiger partial charge in [-0.25, -0.2) is 9.59 Å². The van der Waals surface area contributed by atoms with E-state index < -0.39 is 122 Å². The predicted molar refractivity (Wildman–Crippen MR) is 254 cm³/mol. The van der Waals surface area contributed by atoms with Gasteiger partial charge < -0.3 is 18.9 Å². The number of alkyl halides is 10. The van der Waals surface area contributed by atoms with Crippen LogP contribution in [0.2, 0.25) is 0 Å². The molecule has 4 aromatic rings. The fourth-order valence-corrected chi connectivity index (χ4v) is 8.81. The lowest BCUT2D eigenvalue weighted by Gasteiger charge is -2.26. The average molecular weight is 1240 g/mol. The van der Waals surface area contributed by atoms with E-state index in [1.54, 1.807) is 24.3 Å². The molecule has 34 heteroatoms. The van der Waals surface area contributed by atoms with E-state index in [1.807, 2.05) is 13.8 Å². The molecular weight excluding hydrogens is 1190 g/mol. The maximum Gasteiger partial charge on any atom is 0.432 e. The molecule has 0 fully saturated rings. The van der Waals surface area contributed by atoms with Crippen LogP contribution in [0.4, 0.5) is 43.9 Å². The van der Waals surface area contributed by atoms with Gasteiger partial charge in [-0.1, -0.05) is 52.0 Å². The third-order valence-corrected chi connectivity index (χ3v) is 14.9. The molecule has 0 aliphatic carbocycles. The Balaban J connectivity index is 0.000000536. The van der Waals surface area contributed by atoms with E-state index in [2.05, 4.69) is 9.47 Å². The number of rotatable bonds is 22. The van der Waals surface area contributed by atoms with E-state index in [9.17, 15) is 96.8 Å². The van der Waals surface area contributed by atoms with E-state index in [0.717, 1.165) is 48.2 Å². The monoisotopic (exact) mass is 1240 g/mol. The van der Waals surface area contributed by atoms with Gasteiger partial charge in [-0.05, 0) is 121 Å². The van der Waals surface area contributed by atoms with Gasteiger partial charge in [0.15, 0.2) is 0 Å². The van der Waals surface area contributed by atoms with Crippen molar-refractivity contribution in [3.63, 3.8) is 0 Å². The molecule has 0 saturated heterocycles. The summed E-state index contributed by atoms with van der Waals surface area (Å²) in [6.45, 7) is 6.82. The first kappa shape index (κ1) is 68.0. The molecule has 4 aromatic carbocycles. The largest absolute Gasteiger partial charge is 0.441 e. The predicted octanol–water partition coefficient (Wildman–Crippen LogP) is 9.25. The molecule has 6 unspecified atom stereocenters. The van der Waals surface area contributed by atoms with Gasteiger partial charge in [-0.2, -0.15) is 77.6 Å². The van der Waals surface area contributed by atoms with Crippen molar-refractivity contribution in [2.45, 2.75) is 110 Å². The van der Waals surface area contributed by atoms with Crippen molar-refractivity contribution in [3.8, 4) is 11.5 Å². The van der Waals surface area contributed by atoms with Gasteiger partial charge in [0.2, 0.25) is 0 Å². The second-order valence-corrected chi connectivity index (χ2v) is 23.0. The molecule has 0 aliphatic heterocycles. The summed E-state index contributed by atoms with van der Waals surface area (Å²) < 4.78 is 273. The molecule has 0 heterocycles. The number of hydrogen-bond donors (Lipinski definition) is 4. The highest BCUT2D eigenvalue weighted by Crippen LogP contribution is 2.40. The van der Waals surface area contributed by atoms with E-state index in [-0.39, 0.29) is 46.0 Å². The van der Waals surface area contributed by atoms with Gasteiger partial charge in [0.1, 0.15) is 11.5 Å². The molecule has 0 radical (unpaired) electrons. The van der Waals surface area contributed by atoms with Crippen LogP contribution in [-0.4, -0.2) is 111 Å². The van der Waals surface area contributed by atoms with Crippen molar-refractivity contribution in [1.29, 1.82) is 0 Å². The Morgan fingerprint density at radius 1 is 0.475 bits per heavy atom. The Bertz CT molecular complexity index is 3290. The highest BCUT2D eigenvalue weighted by atomic mass is 32.2. The van der Waals surface area contributed by atoms with Gasteiger partial charge in [-0.3, -0.25) is 27.8 Å². The van der Waals surface area contributed by atoms with Gasteiger partial charge in [0, 0.05) is 0 Å². The Kier molecular flexibility index (Phi) is 22.2. The molecule has 0 saturated carbocycles. The first-order valence-electron chi connectivity index (χ1n) is 22.4. The first-order chi connectivity index (χ1) is 36.4. The van der Waals surface area contributed by atoms with Crippen molar-refractivity contribution < 1.29 is 134 Å². The Hall–Kier alpha value is -6.30. The highest BCUT2D eigenvalue weighted by molar-refractivity contribution is 7.87. The zero-order valence-electron chi connectivity index (χ0n) is 41.3. The van der Waals surface area contributed by atoms with Crippen LogP contribution < -0.4 is 9.47 Å². The number of ether oxygens (including phenoxy) is 4. The molecule has 444 valence electrons. The van der Waals surface area contributed by atoms with E-state index in [4.69, 9.17) is 27.7 Å².